The smallest absolute Gasteiger partial charge is 0.332 e. The normalized spacial score (nSPS) is 25.0. The molecule has 5 aliphatic rings. The van der Waals surface area contributed by atoms with Gasteiger partial charge in [-0.1, -0.05) is 92.5 Å². The standard InChI is InChI=1S/C17H30O5.C16H26O5.C15H24O5.6CH4/c1-4-14(3)16(19)21-12-11-20-13-15(18)22-17(5-2)9-7-6-8-10-17;1-5-16(2,3)15(18)21-13-8-10-6-11(13)12(7-10)14(17)20-9-19-4;1-4-9(2)14(16)20-13-7-10-5-11(13)12(6-10)15(17)19-8-18-3;;;;;;/h14H,4-13H2,1-3H3;10-13H,5-9H2,1-4H3;9-13H,4-8H2,1-3H3;6*1H4. The van der Waals surface area contributed by atoms with E-state index in [1.54, 1.807) is 0 Å². The van der Waals surface area contributed by atoms with Crippen molar-refractivity contribution < 1.29 is 71.4 Å². The lowest BCUT2D eigenvalue weighted by Gasteiger charge is -2.35. The number of esters is 6. The second kappa shape index (κ2) is 35.7. The zero-order chi connectivity index (χ0) is 46.7. The summed E-state index contributed by atoms with van der Waals surface area (Å²) in [6.07, 6.45) is 13.6. The Hall–Kier alpha value is -3.30. The lowest BCUT2D eigenvalue weighted by atomic mass is 9.83. The molecule has 10 unspecified atom stereocenters. The van der Waals surface area contributed by atoms with Gasteiger partial charge in [-0.3, -0.25) is 24.0 Å². The van der Waals surface area contributed by atoms with E-state index in [-0.39, 0.29) is 167 Å². The van der Waals surface area contributed by atoms with Gasteiger partial charge in [0.2, 0.25) is 0 Å². The van der Waals surface area contributed by atoms with Gasteiger partial charge in [-0.25, -0.2) is 4.79 Å². The number of fused-ring (bicyclic) bond motifs is 4. The van der Waals surface area contributed by atoms with Crippen molar-refractivity contribution in [3.63, 3.8) is 0 Å². The zero-order valence-corrected chi connectivity index (χ0v) is 40.0. The molecule has 4 bridgehead atoms. The van der Waals surface area contributed by atoms with E-state index in [4.69, 9.17) is 42.6 Å². The Bertz CT molecular complexity index is 1460. The lowest BCUT2D eigenvalue weighted by molar-refractivity contribution is -0.171. The molecule has 15 heteroatoms. The Balaban J connectivity index is -0.000000440. The molecule has 5 rings (SSSR count). The quantitative estimate of drug-likeness (QED) is 0.0457. The first kappa shape index (κ1) is 72.2. The fraction of sp³-hybridized carbons (Fsp3) is 0.889. The Morgan fingerprint density at radius 3 is 1.48 bits per heavy atom. The topological polar surface area (TPSA) is 185 Å². The molecule has 5 saturated carbocycles. The molecule has 0 N–H and O–H groups in total. The van der Waals surface area contributed by atoms with Gasteiger partial charge in [-0.05, 0) is 116 Å². The van der Waals surface area contributed by atoms with Gasteiger partial charge >= 0.3 is 35.8 Å². The highest BCUT2D eigenvalue weighted by Crippen LogP contribution is 2.51. The Labute approximate surface area is 420 Å². The van der Waals surface area contributed by atoms with Crippen molar-refractivity contribution >= 4 is 35.8 Å². The van der Waals surface area contributed by atoms with Crippen molar-refractivity contribution in [1.29, 1.82) is 0 Å². The Morgan fingerprint density at radius 2 is 1.06 bits per heavy atom. The molecule has 10 atom stereocenters. The first-order valence-corrected chi connectivity index (χ1v) is 23.7. The second-order valence-corrected chi connectivity index (χ2v) is 19.0. The van der Waals surface area contributed by atoms with Crippen LogP contribution in [0.1, 0.15) is 196 Å². The molecule has 0 aromatic carbocycles. The SMILES string of the molecule is C.C.C.C.C.C.CCC(C)(C)C(=O)OC1CC2CC(C(=O)OCOC)C1C2.CCC(C)C(=O)OC1CC2CC(C(=O)OCOC)C1C2.CCC(C)C(=O)OCCOCC(=O)OC1(CC)CCCCC1. The molecule has 0 aromatic rings. The minimum absolute atomic E-state index is 0. The van der Waals surface area contributed by atoms with Crippen molar-refractivity contribution in [2.24, 2.45) is 52.8 Å². The van der Waals surface area contributed by atoms with Crippen LogP contribution in [0.3, 0.4) is 0 Å². The van der Waals surface area contributed by atoms with Crippen LogP contribution in [0.5, 0.6) is 0 Å². The van der Waals surface area contributed by atoms with E-state index in [9.17, 15) is 28.8 Å². The minimum Gasteiger partial charge on any atom is -0.463 e. The van der Waals surface area contributed by atoms with Crippen molar-refractivity contribution in [1.82, 2.24) is 0 Å². The van der Waals surface area contributed by atoms with Gasteiger partial charge in [-0.15, -0.1) is 0 Å². The van der Waals surface area contributed by atoms with E-state index in [0.29, 0.717) is 11.8 Å². The number of ether oxygens (including phenoxy) is 9. The summed E-state index contributed by atoms with van der Waals surface area (Å²) in [7, 11) is 2.98. The molecule has 0 spiro atoms. The van der Waals surface area contributed by atoms with Crippen LogP contribution < -0.4 is 0 Å². The van der Waals surface area contributed by atoms with Crippen LogP contribution in [0.4, 0.5) is 0 Å². The molecule has 69 heavy (non-hydrogen) atoms. The molecular weight excluding hydrogens is 889 g/mol. The molecule has 0 aromatic heterocycles. The first-order chi connectivity index (χ1) is 30.0. The summed E-state index contributed by atoms with van der Waals surface area (Å²) in [6.45, 7) is 15.7. The third-order valence-electron chi connectivity index (χ3n) is 14.2. The van der Waals surface area contributed by atoms with E-state index in [1.165, 1.54) is 20.6 Å². The van der Waals surface area contributed by atoms with Gasteiger partial charge in [0.1, 0.15) is 31.0 Å². The number of hydrogen-bond acceptors (Lipinski definition) is 15. The van der Waals surface area contributed by atoms with Crippen LogP contribution in [0.25, 0.3) is 0 Å². The van der Waals surface area contributed by atoms with E-state index in [2.05, 4.69) is 6.92 Å². The number of carbonyl (C=O) groups is 6. The van der Waals surface area contributed by atoms with Crippen molar-refractivity contribution in [3.8, 4) is 0 Å². The summed E-state index contributed by atoms with van der Waals surface area (Å²) in [5.74, 6) is -0.573. The summed E-state index contributed by atoms with van der Waals surface area (Å²) in [6, 6.07) is 0. The maximum atomic E-state index is 12.2. The maximum absolute atomic E-state index is 12.2. The van der Waals surface area contributed by atoms with E-state index in [1.807, 2.05) is 48.5 Å². The minimum atomic E-state index is -0.464. The largest absolute Gasteiger partial charge is 0.463 e. The summed E-state index contributed by atoms with van der Waals surface area (Å²) in [5.41, 5.74) is -0.754. The molecule has 0 radical (unpaired) electrons. The van der Waals surface area contributed by atoms with Crippen molar-refractivity contribution in [2.45, 2.75) is 214 Å². The van der Waals surface area contributed by atoms with Crippen LogP contribution in [0.2, 0.25) is 0 Å². The molecular formula is C54H104O15. The molecule has 15 nitrogen and oxygen atoms in total. The van der Waals surface area contributed by atoms with Crippen LogP contribution in [0, 0.1) is 52.8 Å². The molecule has 410 valence electrons. The highest BCUT2D eigenvalue weighted by atomic mass is 16.7. The van der Waals surface area contributed by atoms with Crippen LogP contribution >= 0.6 is 0 Å². The van der Waals surface area contributed by atoms with Gasteiger partial charge in [0.25, 0.3) is 0 Å². The van der Waals surface area contributed by atoms with Crippen LogP contribution in [-0.4, -0.2) is 101 Å². The summed E-state index contributed by atoms with van der Waals surface area (Å²) in [5, 5.41) is 0. The monoisotopic (exact) mass is 993 g/mol. The van der Waals surface area contributed by atoms with Gasteiger partial charge in [-0.2, -0.15) is 0 Å². The molecule has 0 aliphatic heterocycles. The average Bonchev–Trinajstić information content (AvgIpc) is 4.09. The molecule has 5 aliphatic carbocycles. The highest BCUT2D eigenvalue weighted by molar-refractivity contribution is 5.77. The summed E-state index contributed by atoms with van der Waals surface area (Å²) < 4.78 is 46.9. The Kier molecular flexibility index (Phi) is 37.4. The van der Waals surface area contributed by atoms with Crippen LogP contribution in [0.15, 0.2) is 0 Å². The van der Waals surface area contributed by atoms with E-state index >= 15 is 0 Å². The number of carbonyl (C=O) groups excluding carboxylic acids is 6. The van der Waals surface area contributed by atoms with Gasteiger partial charge in [0.15, 0.2) is 13.6 Å². The predicted octanol–water partition coefficient (Wildman–Crippen LogP) is 11.7. The summed E-state index contributed by atoms with van der Waals surface area (Å²) in [4.78, 5) is 71.4. The third-order valence-corrected chi connectivity index (χ3v) is 14.2. The van der Waals surface area contributed by atoms with Crippen molar-refractivity contribution in [2.75, 3.05) is 47.6 Å². The van der Waals surface area contributed by atoms with Gasteiger partial charge in [0, 0.05) is 26.1 Å². The maximum Gasteiger partial charge on any atom is 0.332 e. The van der Waals surface area contributed by atoms with E-state index < -0.39 is 5.41 Å². The molecule has 0 saturated heterocycles. The second-order valence-electron chi connectivity index (χ2n) is 19.0. The lowest BCUT2D eigenvalue weighted by Crippen LogP contribution is -2.37. The number of hydrogen-bond donors (Lipinski definition) is 0. The molecule has 0 amide bonds. The van der Waals surface area contributed by atoms with E-state index in [0.717, 1.165) is 89.9 Å². The zero-order valence-electron chi connectivity index (χ0n) is 40.0. The van der Waals surface area contributed by atoms with Gasteiger partial charge in [0.05, 0.1) is 35.7 Å². The highest BCUT2D eigenvalue weighted by Gasteiger charge is 2.53. The average molecular weight is 993 g/mol. The third kappa shape index (κ3) is 21.9. The van der Waals surface area contributed by atoms with Crippen LogP contribution in [-0.2, 0) is 71.4 Å². The predicted molar refractivity (Wildman–Crippen MR) is 272 cm³/mol. The number of methoxy groups -OCH3 is 2. The number of rotatable bonds is 21. The van der Waals surface area contributed by atoms with Crippen molar-refractivity contribution in [3.05, 3.63) is 0 Å². The summed E-state index contributed by atoms with van der Waals surface area (Å²) >= 11 is 0. The Morgan fingerprint density at radius 1 is 0.594 bits per heavy atom. The fourth-order valence-electron chi connectivity index (χ4n) is 9.37. The fourth-order valence-corrected chi connectivity index (χ4v) is 9.37. The first-order valence-electron chi connectivity index (χ1n) is 23.7. The molecule has 5 fully saturated rings. The molecule has 0 heterocycles. The van der Waals surface area contributed by atoms with Gasteiger partial charge < -0.3 is 42.6 Å².